The number of guanidine groups is 1. The first-order chi connectivity index (χ1) is 11.2. The maximum absolute atomic E-state index is 5.79. The molecule has 24 heavy (non-hydrogen) atoms. The molecule has 3 aromatic rings. The molecule has 3 rings (SSSR count). The van der Waals surface area contributed by atoms with Crippen LogP contribution in [0.3, 0.4) is 0 Å². The summed E-state index contributed by atoms with van der Waals surface area (Å²) in [6.07, 6.45) is 0.885. The Balaban J connectivity index is 0.00000208. The molecule has 2 N–H and O–H groups in total. The number of para-hydroxylation sites is 1. The smallest absolute Gasteiger partial charge is 0.191 e. The van der Waals surface area contributed by atoms with Crippen molar-refractivity contribution in [3.05, 3.63) is 52.2 Å². The summed E-state index contributed by atoms with van der Waals surface area (Å²) in [5, 5.41) is 10.9. The molecule has 5 nitrogen and oxygen atoms in total. The number of aliphatic imine (C=N–C) groups is 1. The molecule has 0 amide bonds. The number of aromatic nitrogens is 1. The van der Waals surface area contributed by atoms with Crippen molar-refractivity contribution < 1.29 is 4.42 Å². The van der Waals surface area contributed by atoms with E-state index in [0.29, 0.717) is 6.54 Å². The Hall–Kier alpha value is -1.61. The van der Waals surface area contributed by atoms with Crippen LogP contribution in [-0.2, 0) is 13.0 Å². The highest BCUT2D eigenvalue weighted by atomic mass is 127. The molecular weight excluding hydrogens is 435 g/mol. The summed E-state index contributed by atoms with van der Waals surface area (Å²) in [5.74, 6) is 1.65. The van der Waals surface area contributed by atoms with Gasteiger partial charge in [-0.3, -0.25) is 4.99 Å². The molecule has 0 atom stereocenters. The lowest BCUT2D eigenvalue weighted by atomic mass is 10.2. The summed E-state index contributed by atoms with van der Waals surface area (Å²) < 4.78 is 5.79. The van der Waals surface area contributed by atoms with Crippen molar-refractivity contribution in [2.24, 2.45) is 4.99 Å². The second-order valence-corrected chi connectivity index (χ2v) is 6.27. The molecule has 128 valence electrons. The van der Waals surface area contributed by atoms with Crippen LogP contribution in [0.1, 0.15) is 16.5 Å². The van der Waals surface area contributed by atoms with Gasteiger partial charge in [0, 0.05) is 30.8 Å². The number of rotatable bonds is 5. The van der Waals surface area contributed by atoms with Crippen LogP contribution in [0.25, 0.3) is 11.0 Å². The van der Waals surface area contributed by atoms with Gasteiger partial charge < -0.3 is 15.1 Å². The highest BCUT2D eigenvalue weighted by Crippen LogP contribution is 2.18. The van der Waals surface area contributed by atoms with Crippen molar-refractivity contribution in [3.63, 3.8) is 0 Å². The second kappa shape index (κ2) is 9.03. The summed E-state index contributed by atoms with van der Waals surface area (Å²) in [6, 6.07) is 10.1. The van der Waals surface area contributed by atoms with Gasteiger partial charge in [-0.05, 0) is 19.1 Å². The number of halogens is 1. The van der Waals surface area contributed by atoms with Gasteiger partial charge >= 0.3 is 0 Å². The molecule has 0 bridgehead atoms. The van der Waals surface area contributed by atoms with E-state index in [4.69, 9.17) is 4.42 Å². The minimum atomic E-state index is 0. The van der Waals surface area contributed by atoms with E-state index >= 15 is 0 Å². The molecule has 7 heteroatoms. The lowest BCUT2D eigenvalue weighted by Gasteiger charge is -2.10. The molecule has 0 saturated carbocycles. The van der Waals surface area contributed by atoms with Gasteiger partial charge in [-0.1, -0.05) is 18.2 Å². The molecule has 0 aliphatic heterocycles. The Morgan fingerprint density at radius 2 is 2.12 bits per heavy atom. The van der Waals surface area contributed by atoms with Crippen LogP contribution in [0.15, 0.2) is 45.1 Å². The Bertz CT molecular complexity index is 779. The number of hydrogen-bond donors (Lipinski definition) is 2. The summed E-state index contributed by atoms with van der Waals surface area (Å²) in [6.45, 7) is 3.42. The molecule has 0 unspecified atom stereocenters. The van der Waals surface area contributed by atoms with Gasteiger partial charge in [-0.2, -0.15) is 0 Å². The minimum absolute atomic E-state index is 0. The fourth-order valence-corrected chi connectivity index (χ4v) is 2.99. The Labute approximate surface area is 162 Å². The topological polar surface area (TPSA) is 62.5 Å². The Morgan fingerprint density at radius 1 is 1.29 bits per heavy atom. The zero-order chi connectivity index (χ0) is 16.1. The first-order valence-corrected chi connectivity index (χ1v) is 8.45. The fraction of sp³-hybridized carbons (Fsp3) is 0.294. The van der Waals surface area contributed by atoms with Crippen molar-refractivity contribution in [1.82, 2.24) is 15.6 Å². The summed E-state index contributed by atoms with van der Waals surface area (Å²) >= 11 is 1.68. The van der Waals surface area contributed by atoms with Gasteiger partial charge in [-0.15, -0.1) is 35.3 Å². The van der Waals surface area contributed by atoms with E-state index in [1.165, 1.54) is 0 Å². The van der Waals surface area contributed by atoms with Crippen LogP contribution in [0.2, 0.25) is 0 Å². The fourth-order valence-electron chi connectivity index (χ4n) is 2.35. The van der Waals surface area contributed by atoms with Gasteiger partial charge in [0.05, 0.1) is 17.2 Å². The van der Waals surface area contributed by atoms with E-state index in [1.807, 2.05) is 37.3 Å². The van der Waals surface area contributed by atoms with E-state index in [2.05, 4.69) is 26.0 Å². The van der Waals surface area contributed by atoms with E-state index < -0.39 is 0 Å². The first kappa shape index (κ1) is 18.7. The van der Waals surface area contributed by atoms with Gasteiger partial charge in [0.2, 0.25) is 0 Å². The summed E-state index contributed by atoms with van der Waals surface area (Å²) in [7, 11) is 1.76. The number of thiazole rings is 1. The lowest BCUT2D eigenvalue weighted by molar-refractivity contribution is 0.538. The molecule has 2 heterocycles. The van der Waals surface area contributed by atoms with Crippen molar-refractivity contribution in [3.8, 4) is 0 Å². The normalized spacial score (nSPS) is 11.3. The van der Waals surface area contributed by atoms with Crippen molar-refractivity contribution in [2.45, 2.75) is 19.9 Å². The van der Waals surface area contributed by atoms with Gasteiger partial charge in [0.25, 0.3) is 0 Å². The average molecular weight is 456 g/mol. The molecular formula is C17H21IN4OS. The predicted molar refractivity (Wildman–Crippen MR) is 110 cm³/mol. The van der Waals surface area contributed by atoms with Crippen LogP contribution in [0.4, 0.5) is 0 Å². The highest BCUT2D eigenvalue weighted by Gasteiger charge is 2.05. The Kier molecular flexibility index (Phi) is 7.04. The number of nitrogens with zero attached hydrogens (tertiary/aromatic N) is 2. The Morgan fingerprint density at radius 3 is 2.83 bits per heavy atom. The number of fused-ring (bicyclic) bond motifs is 1. The molecule has 0 radical (unpaired) electrons. The molecule has 1 aromatic carbocycles. The summed E-state index contributed by atoms with van der Waals surface area (Å²) in [4.78, 5) is 8.68. The third-order valence-electron chi connectivity index (χ3n) is 3.47. The molecule has 0 fully saturated rings. The zero-order valence-electron chi connectivity index (χ0n) is 13.7. The van der Waals surface area contributed by atoms with Crippen LogP contribution < -0.4 is 10.6 Å². The molecule has 0 aliphatic carbocycles. The van der Waals surface area contributed by atoms with Crippen LogP contribution in [-0.4, -0.2) is 24.5 Å². The molecule has 0 aliphatic rings. The zero-order valence-corrected chi connectivity index (χ0v) is 16.9. The number of furan rings is 1. The van der Waals surface area contributed by atoms with Gasteiger partial charge in [0.1, 0.15) is 11.3 Å². The molecule has 0 spiro atoms. The van der Waals surface area contributed by atoms with E-state index in [1.54, 1.807) is 18.4 Å². The first-order valence-electron chi connectivity index (χ1n) is 7.57. The van der Waals surface area contributed by atoms with E-state index in [9.17, 15) is 0 Å². The quantitative estimate of drug-likeness (QED) is 0.349. The van der Waals surface area contributed by atoms with Crippen molar-refractivity contribution in [2.75, 3.05) is 13.6 Å². The van der Waals surface area contributed by atoms with Crippen molar-refractivity contribution in [1.29, 1.82) is 0 Å². The lowest BCUT2D eigenvalue weighted by Crippen LogP contribution is -2.37. The minimum Gasteiger partial charge on any atom is -0.459 e. The standard InChI is InChI=1S/C17H20N4OS.HI/c1-12-21-14(11-23-12)7-8-19-17(18-2)20-10-15-9-13-5-3-4-6-16(13)22-15;/h3-6,9,11H,7-8,10H2,1-2H3,(H2,18,19,20);1H. The largest absolute Gasteiger partial charge is 0.459 e. The average Bonchev–Trinajstić information content (AvgIpc) is 3.16. The van der Waals surface area contributed by atoms with Crippen LogP contribution in [0, 0.1) is 6.92 Å². The van der Waals surface area contributed by atoms with E-state index in [-0.39, 0.29) is 24.0 Å². The van der Waals surface area contributed by atoms with Crippen molar-refractivity contribution >= 4 is 52.2 Å². The number of nitrogens with one attached hydrogen (secondary N) is 2. The monoisotopic (exact) mass is 456 g/mol. The predicted octanol–water partition coefficient (Wildman–Crippen LogP) is 3.72. The third kappa shape index (κ3) is 4.94. The highest BCUT2D eigenvalue weighted by molar-refractivity contribution is 14.0. The van der Waals surface area contributed by atoms with E-state index in [0.717, 1.165) is 46.4 Å². The molecule has 0 saturated heterocycles. The number of hydrogen-bond acceptors (Lipinski definition) is 4. The number of aryl methyl sites for hydroxylation is 1. The summed E-state index contributed by atoms with van der Waals surface area (Å²) in [5.41, 5.74) is 2.03. The third-order valence-corrected chi connectivity index (χ3v) is 4.29. The van der Waals surface area contributed by atoms with Crippen LogP contribution >= 0.6 is 35.3 Å². The maximum atomic E-state index is 5.79. The number of benzene rings is 1. The maximum Gasteiger partial charge on any atom is 0.191 e. The van der Waals surface area contributed by atoms with Gasteiger partial charge in [-0.25, -0.2) is 4.98 Å². The molecule has 2 aromatic heterocycles. The van der Waals surface area contributed by atoms with Gasteiger partial charge in [0.15, 0.2) is 5.96 Å². The van der Waals surface area contributed by atoms with Crippen LogP contribution in [0.5, 0.6) is 0 Å². The SMILES string of the molecule is CN=C(NCCc1csc(C)n1)NCc1cc2ccccc2o1.I. The second-order valence-electron chi connectivity index (χ2n) is 5.21.